The molecule has 0 saturated carbocycles. The Hall–Kier alpha value is -4.00. The van der Waals surface area contributed by atoms with E-state index in [0.717, 1.165) is 16.7 Å². The lowest BCUT2D eigenvalue weighted by molar-refractivity contribution is 0.0924. The number of aromatic nitrogens is 4. The second kappa shape index (κ2) is 6.87. The standard InChI is InChI=1S/C22H17N5O2/c28-17-7-5-15(6-8-17)14-1-3-16(4-2-14)21-23-10-9-18(25-21)19-13-20-22(29)24-11-12-27(20)26-19/h1-10,13,28H,11-12H2,(H,24,29). The molecule has 1 amide bonds. The fourth-order valence-corrected chi connectivity index (χ4v) is 3.37. The smallest absolute Gasteiger partial charge is 0.269 e. The van der Waals surface area contributed by atoms with Gasteiger partial charge in [-0.1, -0.05) is 36.4 Å². The van der Waals surface area contributed by atoms with Crippen LogP contribution in [0.25, 0.3) is 33.9 Å². The molecule has 4 aromatic rings. The van der Waals surface area contributed by atoms with Gasteiger partial charge < -0.3 is 10.4 Å². The topological polar surface area (TPSA) is 92.9 Å². The van der Waals surface area contributed by atoms with Gasteiger partial charge in [-0.15, -0.1) is 0 Å². The summed E-state index contributed by atoms with van der Waals surface area (Å²) >= 11 is 0. The van der Waals surface area contributed by atoms with Crippen LogP contribution in [0, 0.1) is 0 Å². The summed E-state index contributed by atoms with van der Waals surface area (Å²) in [6.45, 7) is 1.23. The monoisotopic (exact) mass is 383 g/mol. The maximum Gasteiger partial charge on any atom is 0.269 e. The van der Waals surface area contributed by atoms with Crippen LogP contribution in [0.1, 0.15) is 10.5 Å². The molecule has 0 saturated heterocycles. The van der Waals surface area contributed by atoms with E-state index in [9.17, 15) is 9.90 Å². The Kier molecular flexibility index (Phi) is 4.05. The lowest BCUT2D eigenvalue weighted by Gasteiger charge is -2.13. The first-order valence-electron chi connectivity index (χ1n) is 9.27. The molecule has 2 N–H and O–H groups in total. The highest BCUT2D eigenvalue weighted by atomic mass is 16.3. The zero-order valence-corrected chi connectivity index (χ0v) is 15.4. The molecule has 0 aliphatic carbocycles. The van der Waals surface area contributed by atoms with Crippen LogP contribution in [0.15, 0.2) is 66.9 Å². The Morgan fingerprint density at radius 3 is 2.31 bits per heavy atom. The summed E-state index contributed by atoms with van der Waals surface area (Å²) in [5, 5.41) is 16.8. The fourth-order valence-electron chi connectivity index (χ4n) is 3.37. The number of nitrogens with zero attached hydrogens (tertiary/aromatic N) is 4. The molecule has 2 aromatic heterocycles. The number of phenolic OH excluding ortho intramolecular Hbond substituents is 1. The number of rotatable bonds is 3. The lowest BCUT2D eigenvalue weighted by atomic mass is 10.0. The maximum atomic E-state index is 12.0. The van der Waals surface area contributed by atoms with Crippen molar-refractivity contribution in [2.75, 3.05) is 6.54 Å². The second-order valence-electron chi connectivity index (χ2n) is 6.78. The molecule has 2 aromatic carbocycles. The summed E-state index contributed by atoms with van der Waals surface area (Å²) < 4.78 is 1.71. The van der Waals surface area contributed by atoms with E-state index in [1.54, 1.807) is 35.1 Å². The first kappa shape index (κ1) is 17.1. The zero-order valence-electron chi connectivity index (χ0n) is 15.4. The second-order valence-corrected chi connectivity index (χ2v) is 6.78. The van der Waals surface area contributed by atoms with Crippen molar-refractivity contribution in [1.82, 2.24) is 25.1 Å². The Balaban J connectivity index is 1.45. The number of phenols is 1. The molecule has 0 radical (unpaired) electrons. The third-order valence-corrected chi connectivity index (χ3v) is 4.88. The average molecular weight is 383 g/mol. The van der Waals surface area contributed by atoms with E-state index >= 15 is 0 Å². The van der Waals surface area contributed by atoms with Crippen molar-refractivity contribution in [3.05, 3.63) is 72.6 Å². The Morgan fingerprint density at radius 2 is 1.59 bits per heavy atom. The van der Waals surface area contributed by atoms with Gasteiger partial charge in [0.25, 0.3) is 5.91 Å². The van der Waals surface area contributed by atoms with Crippen molar-refractivity contribution in [1.29, 1.82) is 0 Å². The first-order valence-corrected chi connectivity index (χ1v) is 9.27. The normalized spacial score (nSPS) is 13.0. The Morgan fingerprint density at radius 1 is 0.897 bits per heavy atom. The molecule has 0 spiro atoms. The summed E-state index contributed by atoms with van der Waals surface area (Å²) in [7, 11) is 0. The van der Waals surface area contributed by atoms with Crippen LogP contribution in [-0.2, 0) is 6.54 Å². The van der Waals surface area contributed by atoms with Crippen molar-refractivity contribution in [2.45, 2.75) is 6.54 Å². The highest BCUT2D eigenvalue weighted by molar-refractivity contribution is 5.94. The number of hydrogen-bond donors (Lipinski definition) is 2. The van der Waals surface area contributed by atoms with Gasteiger partial charge in [-0.2, -0.15) is 5.10 Å². The van der Waals surface area contributed by atoms with Crippen LogP contribution in [0.2, 0.25) is 0 Å². The van der Waals surface area contributed by atoms with Crippen molar-refractivity contribution in [2.24, 2.45) is 0 Å². The number of carbonyl (C=O) groups excluding carboxylic acids is 1. The minimum atomic E-state index is -0.117. The van der Waals surface area contributed by atoms with Gasteiger partial charge in [0.05, 0.1) is 12.2 Å². The van der Waals surface area contributed by atoms with Crippen molar-refractivity contribution < 1.29 is 9.90 Å². The molecule has 1 aliphatic heterocycles. The maximum absolute atomic E-state index is 12.0. The summed E-state index contributed by atoms with van der Waals surface area (Å²) in [4.78, 5) is 21.0. The molecular weight excluding hydrogens is 366 g/mol. The van der Waals surface area contributed by atoms with Crippen LogP contribution in [-0.4, -0.2) is 37.3 Å². The summed E-state index contributed by atoms with van der Waals surface area (Å²) in [6, 6.07) is 18.6. The van der Waals surface area contributed by atoms with Gasteiger partial charge >= 0.3 is 0 Å². The summed E-state index contributed by atoms with van der Waals surface area (Å²) in [6.07, 6.45) is 1.70. The van der Waals surface area contributed by atoms with Crippen LogP contribution in [0.5, 0.6) is 5.75 Å². The number of aromatic hydroxyl groups is 1. The highest BCUT2D eigenvalue weighted by Crippen LogP contribution is 2.26. The van der Waals surface area contributed by atoms with E-state index in [4.69, 9.17) is 0 Å². The van der Waals surface area contributed by atoms with Crippen LogP contribution < -0.4 is 5.32 Å². The molecule has 7 heteroatoms. The van der Waals surface area contributed by atoms with Crippen LogP contribution in [0.4, 0.5) is 0 Å². The van der Waals surface area contributed by atoms with Crippen molar-refractivity contribution in [3.8, 4) is 39.7 Å². The number of amides is 1. The highest BCUT2D eigenvalue weighted by Gasteiger charge is 2.20. The average Bonchev–Trinajstić information content (AvgIpc) is 3.21. The largest absolute Gasteiger partial charge is 0.508 e. The molecule has 142 valence electrons. The molecule has 0 atom stereocenters. The predicted molar refractivity (Wildman–Crippen MR) is 108 cm³/mol. The molecule has 29 heavy (non-hydrogen) atoms. The van der Waals surface area contributed by atoms with Gasteiger partial charge in [-0.05, 0) is 35.4 Å². The number of nitrogens with one attached hydrogen (secondary N) is 1. The molecule has 7 nitrogen and oxygen atoms in total. The number of hydrogen-bond acceptors (Lipinski definition) is 5. The minimum Gasteiger partial charge on any atom is -0.508 e. The number of fused-ring (bicyclic) bond motifs is 1. The van der Waals surface area contributed by atoms with Gasteiger partial charge in [-0.25, -0.2) is 9.97 Å². The van der Waals surface area contributed by atoms with Crippen LogP contribution >= 0.6 is 0 Å². The van der Waals surface area contributed by atoms with E-state index < -0.39 is 0 Å². The van der Waals surface area contributed by atoms with E-state index in [0.29, 0.717) is 36.0 Å². The molecule has 0 bridgehead atoms. The lowest BCUT2D eigenvalue weighted by Crippen LogP contribution is -2.35. The predicted octanol–water partition coefficient (Wildman–Crippen LogP) is 3.12. The summed E-state index contributed by atoms with van der Waals surface area (Å²) in [5.41, 5.74) is 4.82. The SMILES string of the molecule is O=C1NCCn2nc(-c3ccnc(-c4ccc(-c5ccc(O)cc5)cc4)n3)cc21. The van der Waals surface area contributed by atoms with Gasteiger partial charge in [0.2, 0.25) is 0 Å². The fraction of sp³-hybridized carbons (Fsp3) is 0.0909. The van der Waals surface area contributed by atoms with Gasteiger partial charge in [0, 0.05) is 18.3 Å². The molecule has 1 aliphatic rings. The minimum absolute atomic E-state index is 0.117. The molecule has 0 unspecified atom stereocenters. The number of benzene rings is 2. The summed E-state index contributed by atoms with van der Waals surface area (Å²) in [5.74, 6) is 0.721. The molecular formula is C22H17N5O2. The zero-order chi connectivity index (χ0) is 19.8. The van der Waals surface area contributed by atoms with Gasteiger partial charge in [0.15, 0.2) is 5.82 Å². The molecule has 5 rings (SSSR count). The first-order chi connectivity index (χ1) is 14.2. The molecule has 0 fully saturated rings. The van der Waals surface area contributed by atoms with Gasteiger partial charge in [-0.3, -0.25) is 9.48 Å². The number of carbonyl (C=O) groups is 1. The van der Waals surface area contributed by atoms with E-state index in [-0.39, 0.29) is 11.7 Å². The van der Waals surface area contributed by atoms with E-state index in [1.807, 2.05) is 36.4 Å². The van der Waals surface area contributed by atoms with Crippen molar-refractivity contribution in [3.63, 3.8) is 0 Å². The van der Waals surface area contributed by atoms with Gasteiger partial charge in [0.1, 0.15) is 17.1 Å². The Bertz CT molecular complexity index is 1200. The third-order valence-electron chi connectivity index (χ3n) is 4.88. The Labute approximate surface area is 166 Å². The van der Waals surface area contributed by atoms with Crippen molar-refractivity contribution >= 4 is 5.91 Å². The van der Waals surface area contributed by atoms with E-state index in [1.165, 1.54) is 0 Å². The quantitative estimate of drug-likeness (QED) is 0.567. The third kappa shape index (κ3) is 3.23. The van der Waals surface area contributed by atoms with E-state index in [2.05, 4.69) is 20.4 Å². The van der Waals surface area contributed by atoms with Crippen LogP contribution in [0.3, 0.4) is 0 Å². The molecule has 3 heterocycles.